The summed E-state index contributed by atoms with van der Waals surface area (Å²) >= 11 is 0.784. The largest absolute Gasteiger partial charge is 0.380 e. The molecule has 110 valence electrons. The van der Waals surface area contributed by atoms with E-state index in [1.54, 1.807) is 30.3 Å². The minimum Gasteiger partial charge on any atom is -0.380 e. The van der Waals surface area contributed by atoms with Crippen LogP contribution in [0.25, 0.3) is 0 Å². The monoisotopic (exact) mass is 314 g/mol. The Bertz CT molecular complexity index is 756. The van der Waals surface area contributed by atoms with Gasteiger partial charge in [-0.15, -0.1) is 0 Å². The highest BCUT2D eigenvalue weighted by molar-refractivity contribution is 8.03. The summed E-state index contributed by atoms with van der Waals surface area (Å²) in [5.74, 6) is -0.779. The van der Waals surface area contributed by atoms with Crippen molar-refractivity contribution in [3.63, 3.8) is 0 Å². The maximum absolute atomic E-state index is 12.4. The van der Waals surface area contributed by atoms with Crippen LogP contribution in [0.3, 0.4) is 0 Å². The third-order valence-corrected chi connectivity index (χ3v) is 3.54. The number of carbonyl (C=O) groups excluding carboxylic acids is 1. The number of nitro benzene ring substituents is 1. The molecule has 6 nitrogen and oxygen atoms in total. The topological polar surface area (TPSA) is 104 Å². The second-order valence-electron chi connectivity index (χ2n) is 4.31. The molecule has 0 aliphatic rings. The summed E-state index contributed by atoms with van der Waals surface area (Å²) in [5, 5.41) is 31.7. The number of carbonyl (C=O) groups is 1. The molecule has 0 saturated carbocycles. The fourth-order valence-electron chi connectivity index (χ4n) is 1.92. The number of aliphatic hydroxyl groups excluding tert-OH is 1. The standard InChI is InChI=1S/C15H10N2O4S/c16-9-22-11-6-7-13(17(20)21)12(8-11)15(19)14(18)10-4-2-1-3-5-10/h1-8,14,18H. The number of aliphatic hydroxyl groups is 1. The van der Waals surface area contributed by atoms with Crippen molar-refractivity contribution >= 4 is 23.2 Å². The number of hydrogen-bond donors (Lipinski definition) is 1. The third-order valence-electron chi connectivity index (χ3n) is 2.96. The number of Topliss-reactive ketones (excluding diaryl/α,β-unsaturated/α-hetero) is 1. The summed E-state index contributed by atoms with van der Waals surface area (Å²) in [6.07, 6.45) is -1.50. The van der Waals surface area contributed by atoms with E-state index in [2.05, 4.69) is 0 Å². The molecule has 1 unspecified atom stereocenters. The van der Waals surface area contributed by atoms with E-state index in [1.807, 2.05) is 5.40 Å². The van der Waals surface area contributed by atoms with Gasteiger partial charge in [-0.25, -0.2) is 0 Å². The van der Waals surface area contributed by atoms with Gasteiger partial charge in [-0.3, -0.25) is 14.9 Å². The molecule has 7 heteroatoms. The van der Waals surface area contributed by atoms with Crippen LogP contribution in [0, 0.1) is 20.8 Å². The Morgan fingerprint density at radius 3 is 2.55 bits per heavy atom. The van der Waals surface area contributed by atoms with Gasteiger partial charge in [0.2, 0.25) is 5.78 Å². The molecule has 0 aliphatic heterocycles. The number of thioether (sulfide) groups is 1. The number of thiocyanates is 1. The Labute approximate surface area is 130 Å². The first-order chi connectivity index (χ1) is 10.5. The van der Waals surface area contributed by atoms with Crippen LogP contribution in [0.1, 0.15) is 22.0 Å². The minimum atomic E-state index is -1.50. The number of rotatable bonds is 5. The zero-order valence-corrected chi connectivity index (χ0v) is 12.0. The molecule has 2 aromatic rings. The van der Waals surface area contributed by atoms with Gasteiger partial charge in [0.25, 0.3) is 5.69 Å². The zero-order chi connectivity index (χ0) is 16.1. The van der Waals surface area contributed by atoms with Crippen molar-refractivity contribution in [2.24, 2.45) is 0 Å². The molecular weight excluding hydrogens is 304 g/mol. The number of hydrogen-bond acceptors (Lipinski definition) is 6. The number of nitriles is 1. The summed E-state index contributed by atoms with van der Waals surface area (Å²) in [6, 6.07) is 11.9. The van der Waals surface area contributed by atoms with Crippen molar-refractivity contribution in [2.75, 3.05) is 0 Å². The van der Waals surface area contributed by atoms with E-state index >= 15 is 0 Å². The Morgan fingerprint density at radius 2 is 1.95 bits per heavy atom. The highest BCUT2D eigenvalue weighted by atomic mass is 32.2. The Morgan fingerprint density at radius 1 is 1.27 bits per heavy atom. The Balaban J connectivity index is 2.45. The number of benzene rings is 2. The van der Waals surface area contributed by atoms with Crippen molar-refractivity contribution in [2.45, 2.75) is 11.0 Å². The van der Waals surface area contributed by atoms with Gasteiger partial charge >= 0.3 is 0 Å². The van der Waals surface area contributed by atoms with Crippen LogP contribution in [-0.2, 0) is 0 Å². The lowest BCUT2D eigenvalue weighted by atomic mass is 9.99. The van der Waals surface area contributed by atoms with Gasteiger partial charge in [0, 0.05) is 11.0 Å². The van der Waals surface area contributed by atoms with Gasteiger partial charge in [0.15, 0.2) is 0 Å². The van der Waals surface area contributed by atoms with Crippen LogP contribution in [-0.4, -0.2) is 15.8 Å². The summed E-state index contributed by atoms with van der Waals surface area (Å²) in [5.41, 5.74) is -0.274. The quantitative estimate of drug-likeness (QED) is 0.299. The van der Waals surface area contributed by atoms with Crippen LogP contribution in [0.15, 0.2) is 53.4 Å². The van der Waals surface area contributed by atoms with Gasteiger partial charge < -0.3 is 5.11 Å². The van der Waals surface area contributed by atoms with Crippen LogP contribution in [0.5, 0.6) is 0 Å². The van der Waals surface area contributed by atoms with Crippen molar-refractivity contribution in [3.8, 4) is 5.40 Å². The Hall–Kier alpha value is -2.69. The average molecular weight is 314 g/mol. The molecule has 0 bridgehead atoms. The second kappa shape index (κ2) is 6.85. The normalized spacial score (nSPS) is 11.5. The second-order valence-corrected chi connectivity index (χ2v) is 5.16. The first-order valence-corrected chi connectivity index (χ1v) is 6.98. The molecule has 1 atom stereocenters. The predicted octanol–water partition coefficient (Wildman–Crippen LogP) is 3.08. The molecule has 2 rings (SSSR count). The first-order valence-electron chi connectivity index (χ1n) is 6.16. The SMILES string of the molecule is N#CSc1ccc([N+](=O)[O-])c(C(=O)C(O)c2ccccc2)c1. The van der Waals surface area contributed by atoms with E-state index in [9.17, 15) is 20.0 Å². The lowest BCUT2D eigenvalue weighted by Gasteiger charge is -2.10. The van der Waals surface area contributed by atoms with Crippen molar-refractivity contribution in [1.82, 2.24) is 0 Å². The molecule has 2 aromatic carbocycles. The molecule has 0 spiro atoms. The fourth-order valence-corrected chi connectivity index (χ4v) is 2.34. The maximum atomic E-state index is 12.4. The molecule has 0 saturated heterocycles. The Kier molecular flexibility index (Phi) is 4.88. The van der Waals surface area contributed by atoms with Gasteiger partial charge in [-0.2, -0.15) is 5.26 Å². The van der Waals surface area contributed by atoms with Crippen LogP contribution >= 0.6 is 11.8 Å². The first kappa shape index (κ1) is 15.7. The van der Waals surface area contributed by atoms with Crippen molar-refractivity contribution < 1.29 is 14.8 Å². The van der Waals surface area contributed by atoms with Crippen molar-refractivity contribution in [3.05, 3.63) is 69.8 Å². The van der Waals surface area contributed by atoms with E-state index in [1.165, 1.54) is 12.1 Å². The van der Waals surface area contributed by atoms with Crippen molar-refractivity contribution in [1.29, 1.82) is 5.26 Å². The molecule has 0 aliphatic carbocycles. The molecule has 1 N–H and O–H groups in total. The minimum absolute atomic E-state index is 0.221. The highest BCUT2D eigenvalue weighted by Gasteiger charge is 2.27. The van der Waals surface area contributed by atoms with E-state index in [-0.39, 0.29) is 5.56 Å². The van der Waals surface area contributed by atoms with Gasteiger partial charge in [0.1, 0.15) is 11.5 Å². The maximum Gasteiger partial charge on any atom is 0.280 e. The summed E-state index contributed by atoms with van der Waals surface area (Å²) < 4.78 is 0. The van der Waals surface area contributed by atoms with Gasteiger partial charge in [-0.1, -0.05) is 30.3 Å². The molecule has 0 radical (unpaired) electrons. The van der Waals surface area contributed by atoms with E-state index in [0.717, 1.165) is 17.8 Å². The molecule has 22 heavy (non-hydrogen) atoms. The van der Waals surface area contributed by atoms with Crippen LogP contribution < -0.4 is 0 Å². The summed E-state index contributed by atoms with van der Waals surface area (Å²) in [7, 11) is 0. The molecule has 0 amide bonds. The van der Waals surface area contributed by atoms with E-state index < -0.39 is 22.5 Å². The number of nitrogens with zero attached hydrogens (tertiary/aromatic N) is 2. The third kappa shape index (κ3) is 3.31. The number of ketones is 1. The smallest absolute Gasteiger partial charge is 0.280 e. The lowest BCUT2D eigenvalue weighted by molar-refractivity contribution is -0.385. The summed E-state index contributed by atoms with van der Waals surface area (Å²) in [6.45, 7) is 0. The molecule has 0 heterocycles. The number of nitro groups is 1. The van der Waals surface area contributed by atoms with Gasteiger partial charge in [-0.05, 0) is 29.5 Å². The molecular formula is C15H10N2O4S. The van der Waals surface area contributed by atoms with E-state index in [0.29, 0.717) is 10.5 Å². The van der Waals surface area contributed by atoms with Gasteiger partial charge in [0.05, 0.1) is 10.5 Å². The molecule has 0 aromatic heterocycles. The summed E-state index contributed by atoms with van der Waals surface area (Å²) in [4.78, 5) is 23.1. The predicted molar refractivity (Wildman–Crippen MR) is 80.3 cm³/mol. The van der Waals surface area contributed by atoms with E-state index in [4.69, 9.17) is 5.26 Å². The zero-order valence-electron chi connectivity index (χ0n) is 11.2. The lowest BCUT2D eigenvalue weighted by Crippen LogP contribution is -2.14. The van der Waals surface area contributed by atoms with Crippen LogP contribution in [0.2, 0.25) is 0 Å². The molecule has 0 fully saturated rings. The highest BCUT2D eigenvalue weighted by Crippen LogP contribution is 2.29. The fraction of sp³-hybridized carbons (Fsp3) is 0.0667. The average Bonchev–Trinajstić information content (AvgIpc) is 2.54. The van der Waals surface area contributed by atoms with Crippen LogP contribution in [0.4, 0.5) is 5.69 Å².